The van der Waals surface area contributed by atoms with Gasteiger partial charge >= 0.3 is 5.97 Å². The number of halogens is 1. The Labute approximate surface area is 100 Å². The Morgan fingerprint density at radius 3 is 2.88 bits per heavy atom. The number of benzene rings is 1. The molecule has 1 aromatic carbocycles. The third-order valence-corrected chi connectivity index (χ3v) is 3.12. The number of nitrogens with zero attached hydrogens (tertiary/aromatic N) is 1. The SMILES string of the molecule is Cc1c(Br)cccc1-c1cc(C(=O)O)no1. The molecule has 0 saturated heterocycles. The van der Waals surface area contributed by atoms with Crippen LogP contribution in [0.25, 0.3) is 11.3 Å². The quantitative estimate of drug-likeness (QED) is 0.919. The second-order valence-electron chi connectivity index (χ2n) is 3.29. The molecule has 0 atom stereocenters. The van der Waals surface area contributed by atoms with Gasteiger partial charge in [0.05, 0.1) is 0 Å². The normalized spacial score (nSPS) is 10.4. The van der Waals surface area contributed by atoms with E-state index in [2.05, 4.69) is 21.1 Å². The number of carbonyl (C=O) groups is 1. The average Bonchev–Trinajstić information content (AvgIpc) is 2.71. The highest BCUT2D eigenvalue weighted by atomic mass is 79.9. The van der Waals surface area contributed by atoms with Crippen molar-refractivity contribution in [3.63, 3.8) is 0 Å². The molecule has 1 heterocycles. The Kier molecular flexibility index (Phi) is 2.78. The molecular weight excluding hydrogens is 274 g/mol. The highest BCUT2D eigenvalue weighted by molar-refractivity contribution is 9.10. The minimum absolute atomic E-state index is 0.0885. The van der Waals surface area contributed by atoms with E-state index >= 15 is 0 Å². The lowest BCUT2D eigenvalue weighted by atomic mass is 10.1. The van der Waals surface area contributed by atoms with Crippen LogP contribution in [0.2, 0.25) is 0 Å². The molecule has 1 aromatic heterocycles. The summed E-state index contributed by atoms with van der Waals surface area (Å²) in [6.07, 6.45) is 0. The fraction of sp³-hybridized carbons (Fsp3) is 0.0909. The molecule has 4 nitrogen and oxygen atoms in total. The van der Waals surface area contributed by atoms with Crippen LogP contribution in [0.4, 0.5) is 0 Å². The summed E-state index contributed by atoms with van der Waals surface area (Å²) in [5.74, 6) is -0.640. The van der Waals surface area contributed by atoms with Crippen LogP contribution in [-0.4, -0.2) is 16.2 Å². The zero-order valence-electron chi connectivity index (χ0n) is 8.40. The molecule has 0 radical (unpaired) electrons. The Hall–Kier alpha value is -1.62. The molecule has 0 aliphatic carbocycles. The van der Waals surface area contributed by atoms with Gasteiger partial charge in [0.25, 0.3) is 0 Å². The van der Waals surface area contributed by atoms with Gasteiger partial charge < -0.3 is 9.63 Å². The van der Waals surface area contributed by atoms with Crippen LogP contribution in [0.15, 0.2) is 33.3 Å². The van der Waals surface area contributed by atoms with Crippen molar-refractivity contribution >= 4 is 21.9 Å². The fourth-order valence-electron chi connectivity index (χ4n) is 1.38. The summed E-state index contributed by atoms with van der Waals surface area (Å²) in [4.78, 5) is 10.7. The molecule has 0 bridgehead atoms. The predicted octanol–water partition coefficient (Wildman–Crippen LogP) is 3.11. The van der Waals surface area contributed by atoms with Gasteiger partial charge in [0.1, 0.15) is 0 Å². The molecule has 0 aliphatic heterocycles. The van der Waals surface area contributed by atoms with Crippen molar-refractivity contribution in [2.45, 2.75) is 6.92 Å². The van der Waals surface area contributed by atoms with Crippen molar-refractivity contribution in [2.75, 3.05) is 0 Å². The molecule has 0 amide bonds. The van der Waals surface area contributed by atoms with Gasteiger partial charge in [0.15, 0.2) is 11.5 Å². The molecule has 2 aromatic rings. The van der Waals surface area contributed by atoms with Crippen molar-refractivity contribution in [2.24, 2.45) is 0 Å². The number of aromatic carboxylic acids is 1. The van der Waals surface area contributed by atoms with Gasteiger partial charge in [-0.05, 0) is 18.6 Å². The highest BCUT2D eigenvalue weighted by Gasteiger charge is 2.14. The lowest BCUT2D eigenvalue weighted by Gasteiger charge is -2.02. The highest BCUT2D eigenvalue weighted by Crippen LogP contribution is 2.28. The van der Waals surface area contributed by atoms with Crippen molar-refractivity contribution in [3.05, 3.63) is 40.0 Å². The maximum absolute atomic E-state index is 10.7. The smallest absolute Gasteiger partial charge is 0.358 e. The zero-order valence-corrected chi connectivity index (χ0v) is 9.98. The maximum Gasteiger partial charge on any atom is 0.358 e. The van der Waals surface area contributed by atoms with Crippen LogP contribution in [0.3, 0.4) is 0 Å². The topological polar surface area (TPSA) is 63.3 Å². The summed E-state index contributed by atoms with van der Waals surface area (Å²) in [6.45, 7) is 1.92. The van der Waals surface area contributed by atoms with Crippen molar-refractivity contribution < 1.29 is 14.4 Å². The molecule has 2 rings (SSSR count). The third kappa shape index (κ3) is 1.86. The molecule has 16 heavy (non-hydrogen) atoms. The van der Waals surface area contributed by atoms with Gasteiger partial charge in [-0.3, -0.25) is 0 Å². The minimum atomic E-state index is -1.09. The Morgan fingerprint density at radius 2 is 2.25 bits per heavy atom. The van der Waals surface area contributed by atoms with E-state index in [0.717, 1.165) is 15.6 Å². The van der Waals surface area contributed by atoms with Crippen LogP contribution in [-0.2, 0) is 0 Å². The third-order valence-electron chi connectivity index (χ3n) is 2.26. The first-order chi connectivity index (χ1) is 7.59. The zero-order chi connectivity index (χ0) is 11.7. The maximum atomic E-state index is 10.7. The van der Waals surface area contributed by atoms with E-state index in [1.807, 2.05) is 25.1 Å². The summed E-state index contributed by atoms with van der Waals surface area (Å²) < 4.78 is 5.94. The van der Waals surface area contributed by atoms with Crippen molar-refractivity contribution in [1.82, 2.24) is 5.16 Å². The first-order valence-corrected chi connectivity index (χ1v) is 5.34. The average molecular weight is 282 g/mol. The second kappa shape index (κ2) is 4.09. The van der Waals surface area contributed by atoms with Crippen molar-refractivity contribution in [3.8, 4) is 11.3 Å². The largest absolute Gasteiger partial charge is 0.476 e. The number of carboxylic acid groups (broad SMARTS) is 1. The van der Waals surface area contributed by atoms with Gasteiger partial charge in [-0.1, -0.05) is 33.2 Å². The van der Waals surface area contributed by atoms with E-state index in [4.69, 9.17) is 9.63 Å². The number of aromatic nitrogens is 1. The van der Waals surface area contributed by atoms with Crippen molar-refractivity contribution in [1.29, 1.82) is 0 Å². The molecule has 0 saturated carbocycles. The summed E-state index contributed by atoms with van der Waals surface area (Å²) >= 11 is 3.40. The van der Waals surface area contributed by atoms with Crippen LogP contribution in [0.5, 0.6) is 0 Å². The van der Waals surface area contributed by atoms with Crippen LogP contribution in [0.1, 0.15) is 16.1 Å². The summed E-state index contributed by atoms with van der Waals surface area (Å²) in [7, 11) is 0. The number of hydrogen-bond acceptors (Lipinski definition) is 3. The Morgan fingerprint density at radius 1 is 1.50 bits per heavy atom. The van der Waals surface area contributed by atoms with E-state index < -0.39 is 5.97 Å². The summed E-state index contributed by atoms with van der Waals surface area (Å²) in [5, 5.41) is 12.2. The van der Waals surface area contributed by atoms with E-state index in [9.17, 15) is 4.79 Å². The molecule has 0 aliphatic rings. The summed E-state index contributed by atoms with van der Waals surface area (Å²) in [6, 6.07) is 7.03. The molecular formula is C11H8BrNO3. The van der Waals surface area contributed by atoms with E-state index in [1.165, 1.54) is 6.07 Å². The number of rotatable bonds is 2. The number of carboxylic acids is 1. The van der Waals surface area contributed by atoms with E-state index in [-0.39, 0.29) is 5.69 Å². The van der Waals surface area contributed by atoms with Gasteiger partial charge in [-0.15, -0.1) is 0 Å². The number of hydrogen-bond donors (Lipinski definition) is 1. The second-order valence-corrected chi connectivity index (χ2v) is 4.15. The van der Waals surface area contributed by atoms with Gasteiger partial charge in [0, 0.05) is 16.1 Å². The monoisotopic (exact) mass is 281 g/mol. The molecule has 0 unspecified atom stereocenters. The van der Waals surface area contributed by atoms with E-state index in [0.29, 0.717) is 5.76 Å². The van der Waals surface area contributed by atoms with Crippen LogP contribution < -0.4 is 0 Å². The van der Waals surface area contributed by atoms with Gasteiger partial charge in [0.2, 0.25) is 0 Å². The van der Waals surface area contributed by atoms with E-state index in [1.54, 1.807) is 0 Å². The summed E-state index contributed by atoms with van der Waals surface area (Å²) in [5.41, 5.74) is 1.72. The first kappa shape index (κ1) is 10.9. The first-order valence-electron chi connectivity index (χ1n) is 4.55. The molecule has 1 N–H and O–H groups in total. The molecule has 5 heteroatoms. The Balaban J connectivity index is 2.50. The lowest BCUT2D eigenvalue weighted by Crippen LogP contribution is -1.94. The fourth-order valence-corrected chi connectivity index (χ4v) is 1.74. The molecule has 0 spiro atoms. The Bertz CT molecular complexity index is 548. The molecule has 0 fully saturated rings. The van der Waals surface area contributed by atoms with Crippen LogP contribution in [0, 0.1) is 6.92 Å². The standard InChI is InChI=1S/C11H8BrNO3/c1-6-7(3-2-4-8(6)12)10-5-9(11(14)15)13-16-10/h2-5H,1H3,(H,14,15). The van der Waals surface area contributed by atoms with Gasteiger partial charge in [-0.25, -0.2) is 4.79 Å². The lowest BCUT2D eigenvalue weighted by molar-refractivity contribution is 0.0686. The predicted molar refractivity (Wildman–Crippen MR) is 61.3 cm³/mol. The van der Waals surface area contributed by atoms with Gasteiger partial charge in [-0.2, -0.15) is 0 Å². The minimum Gasteiger partial charge on any atom is -0.476 e. The van der Waals surface area contributed by atoms with Crippen LogP contribution >= 0.6 is 15.9 Å². The molecule has 82 valence electrons.